The number of nitrogens with zero attached hydrogens (tertiary/aromatic N) is 4. The average molecular weight is 437 g/mol. The first-order chi connectivity index (χ1) is 15.3. The van der Waals surface area contributed by atoms with E-state index in [1.165, 1.54) is 13.8 Å². The molecule has 1 saturated heterocycles. The van der Waals surface area contributed by atoms with Crippen molar-refractivity contribution in [1.29, 1.82) is 0 Å². The van der Waals surface area contributed by atoms with E-state index in [1.807, 2.05) is 30.3 Å². The highest BCUT2D eigenvalue weighted by Gasteiger charge is 2.31. The van der Waals surface area contributed by atoms with Gasteiger partial charge in [0.1, 0.15) is 5.56 Å². The van der Waals surface area contributed by atoms with Gasteiger partial charge in [0.2, 0.25) is 11.8 Å². The van der Waals surface area contributed by atoms with Crippen molar-refractivity contribution < 1.29 is 14.4 Å². The van der Waals surface area contributed by atoms with Gasteiger partial charge in [0.25, 0.3) is 11.5 Å². The summed E-state index contributed by atoms with van der Waals surface area (Å²) in [5.41, 5.74) is 2.45. The fourth-order valence-corrected chi connectivity index (χ4v) is 4.48. The van der Waals surface area contributed by atoms with Crippen molar-refractivity contribution in [3.8, 4) is 0 Å². The predicted octanol–water partition coefficient (Wildman–Crippen LogP) is 1.11. The summed E-state index contributed by atoms with van der Waals surface area (Å²) in [5, 5.41) is 0. The number of rotatable bonds is 3. The lowest BCUT2D eigenvalue weighted by Crippen LogP contribution is -2.51. The van der Waals surface area contributed by atoms with Gasteiger partial charge in [-0.05, 0) is 23.1 Å². The minimum atomic E-state index is -0.303. The summed E-state index contributed by atoms with van der Waals surface area (Å²) >= 11 is 0. The minimum Gasteiger partial charge on any atom is -0.339 e. The second-order valence-electron chi connectivity index (χ2n) is 8.42. The molecule has 0 saturated carbocycles. The van der Waals surface area contributed by atoms with Crippen molar-refractivity contribution in [1.82, 2.24) is 19.3 Å². The number of carbonyl (C=O) groups is 3. The van der Waals surface area contributed by atoms with Gasteiger partial charge in [-0.1, -0.05) is 30.3 Å². The van der Waals surface area contributed by atoms with Gasteiger partial charge in [-0.15, -0.1) is 0 Å². The van der Waals surface area contributed by atoms with E-state index in [2.05, 4.69) is 0 Å². The number of aromatic nitrogens is 1. The molecular formula is C24H28N4O4. The molecular weight excluding hydrogens is 408 g/mol. The SMILES string of the molecule is CC(=O)N1CCN(C(=O)c2c3c(cn(Cc4ccccc4)c2=O)CN(C(C)=O)CC3)CC1. The van der Waals surface area contributed by atoms with Crippen LogP contribution in [0.1, 0.15) is 40.9 Å². The van der Waals surface area contributed by atoms with Gasteiger partial charge in [-0.25, -0.2) is 0 Å². The van der Waals surface area contributed by atoms with Gasteiger partial charge in [-0.3, -0.25) is 19.2 Å². The minimum absolute atomic E-state index is 0.0104. The van der Waals surface area contributed by atoms with E-state index in [4.69, 9.17) is 0 Å². The smallest absolute Gasteiger partial charge is 0.264 e. The predicted molar refractivity (Wildman–Crippen MR) is 119 cm³/mol. The van der Waals surface area contributed by atoms with Gasteiger partial charge < -0.3 is 19.3 Å². The zero-order valence-electron chi connectivity index (χ0n) is 18.5. The maximum absolute atomic E-state index is 13.5. The highest BCUT2D eigenvalue weighted by Crippen LogP contribution is 2.23. The molecule has 1 aromatic heterocycles. The van der Waals surface area contributed by atoms with Crippen LogP contribution < -0.4 is 5.56 Å². The molecule has 8 heteroatoms. The molecule has 0 radical (unpaired) electrons. The zero-order chi connectivity index (χ0) is 22.8. The van der Waals surface area contributed by atoms with Crippen LogP contribution in [0, 0.1) is 0 Å². The Kier molecular flexibility index (Phi) is 6.12. The second-order valence-corrected chi connectivity index (χ2v) is 8.42. The van der Waals surface area contributed by atoms with Gasteiger partial charge in [-0.2, -0.15) is 0 Å². The molecule has 2 aromatic rings. The number of pyridine rings is 1. The number of benzene rings is 1. The lowest BCUT2D eigenvalue weighted by Gasteiger charge is -2.35. The van der Waals surface area contributed by atoms with E-state index >= 15 is 0 Å². The quantitative estimate of drug-likeness (QED) is 0.722. The number of piperazine rings is 1. The second kappa shape index (κ2) is 8.98. The first-order valence-corrected chi connectivity index (χ1v) is 10.9. The van der Waals surface area contributed by atoms with E-state index in [0.717, 1.165) is 16.7 Å². The molecule has 1 aromatic carbocycles. The highest BCUT2D eigenvalue weighted by molar-refractivity contribution is 5.96. The van der Waals surface area contributed by atoms with E-state index in [-0.39, 0.29) is 28.8 Å². The third-order valence-electron chi connectivity index (χ3n) is 6.34. The third kappa shape index (κ3) is 4.30. The van der Waals surface area contributed by atoms with E-state index in [1.54, 1.807) is 25.5 Å². The van der Waals surface area contributed by atoms with Crippen molar-refractivity contribution in [3.63, 3.8) is 0 Å². The maximum Gasteiger partial charge on any atom is 0.264 e. The number of carbonyl (C=O) groups excluding carboxylic acids is 3. The number of amides is 3. The van der Waals surface area contributed by atoms with Crippen LogP contribution in [0.15, 0.2) is 41.3 Å². The average Bonchev–Trinajstić information content (AvgIpc) is 2.79. The summed E-state index contributed by atoms with van der Waals surface area (Å²) in [6, 6.07) is 9.62. The van der Waals surface area contributed by atoms with Crippen LogP contribution in [-0.4, -0.2) is 69.7 Å². The Hall–Kier alpha value is -3.42. The molecule has 0 bridgehead atoms. The fourth-order valence-electron chi connectivity index (χ4n) is 4.48. The van der Waals surface area contributed by atoms with Crippen molar-refractivity contribution in [2.45, 2.75) is 33.4 Å². The van der Waals surface area contributed by atoms with Gasteiger partial charge in [0.15, 0.2) is 0 Å². The molecule has 0 aliphatic carbocycles. The summed E-state index contributed by atoms with van der Waals surface area (Å²) in [6.07, 6.45) is 2.27. The molecule has 0 spiro atoms. The summed E-state index contributed by atoms with van der Waals surface area (Å²) in [5.74, 6) is -0.318. The molecule has 1 fully saturated rings. The third-order valence-corrected chi connectivity index (χ3v) is 6.34. The number of fused-ring (bicyclic) bond motifs is 1. The van der Waals surface area contributed by atoms with Crippen LogP contribution in [0.25, 0.3) is 0 Å². The van der Waals surface area contributed by atoms with E-state index in [0.29, 0.717) is 52.2 Å². The van der Waals surface area contributed by atoms with Crippen molar-refractivity contribution in [2.75, 3.05) is 32.7 Å². The molecule has 3 amide bonds. The Morgan fingerprint density at radius 1 is 0.844 bits per heavy atom. The van der Waals surface area contributed by atoms with Crippen molar-refractivity contribution >= 4 is 17.7 Å². The van der Waals surface area contributed by atoms with Gasteiger partial charge in [0.05, 0.1) is 6.54 Å². The monoisotopic (exact) mass is 436 g/mol. The summed E-state index contributed by atoms with van der Waals surface area (Å²) in [7, 11) is 0. The Bertz CT molecular complexity index is 1100. The Morgan fingerprint density at radius 2 is 1.47 bits per heavy atom. The molecule has 4 rings (SSSR count). The van der Waals surface area contributed by atoms with Crippen LogP contribution in [0.3, 0.4) is 0 Å². The van der Waals surface area contributed by atoms with E-state index in [9.17, 15) is 19.2 Å². The van der Waals surface area contributed by atoms with Gasteiger partial charge >= 0.3 is 0 Å². The molecule has 2 aliphatic heterocycles. The van der Waals surface area contributed by atoms with Crippen LogP contribution in [0.2, 0.25) is 0 Å². The first-order valence-electron chi connectivity index (χ1n) is 10.9. The Morgan fingerprint density at radius 3 is 2.09 bits per heavy atom. The largest absolute Gasteiger partial charge is 0.339 e. The summed E-state index contributed by atoms with van der Waals surface area (Å²) in [4.78, 5) is 55.7. The highest BCUT2D eigenvalue weighted by atomic mass is 16.2. The van der Waals surface area contributed by atoms with Crippen LogP contribution in [0.5, 0.6) is 0 Å². The Labute approximate surface area is 187 Å². The summed E-state index contributed by atoms with van der Waals surface area (Å²) in [6.45, 7) is 6.02. The Balaban J connectivity index is 1.72. The molecule has 168 valence electrons. The lowest BCUT2D eigenvalue weighted by molar-refractivity contribution is -0.130. The van der Waals surface area contributed by atoms with Crippen molar-refractivity contribution in [3.05, 3.63) is 69.1 Å². The lowest BCUT2D eigenvalue weighted by atomic mass is 9.95. The first kappa shape index (κ1) is 21.8. The molecule has 0 atom stereocenters. The molecule has 3 heterocycles. The maximum atomic E-state index is 13.5. The molecule has 0 N–H and O–H groups in total. The number of hydrogen-bond acceptors (Lipinski definition) is 4. The normalized spacial score (nSPS) is 16.0. The zero-order valence-corrected chi connectivity index (χ0v) is 18.5. The summed E-state index contributed by atoms with van der Waals surface area (Å²) < 4.78 is 1.58. The molecule has 32 heavy (non-hydrogen) atoms. The van der Waals surface area contributed by atoms with Crippen LogP contribution >= 0.6 is 0 Å². The van der Waals surface area contributed by atoms with Crippen molar-refractivity contribution in [2.24, 2.45) is 0 Å². The van der Waals surface area contributed by atoms with E-state index < -0.39 is 0 Å². The van der Waals surface area contributed by atoms with Gasteiger partial charge in [0, 0.05) is 59.3 Å². The van der Waals surface area contributed by atoms with Crippen LogP contribution in [0.4, 0.5) is 0 Å². The number of hydrogen-bond donors (Lipinski definition) is 0. The van der Waals surface area contributed by atoms with Crippen LogP contribution in [-0.2, 0) is 29.1 Å². The molecule has 0 unspecified atom stereocenters. The fraction of sp³-hybridized carbons (Fsp3) is 0.417. The molecule has 8 nitrogen and oxygen atoms in total. The molecule has 2 aliphatic rings. The topological polar surface area (TPSA) is 82.9 Å². The standard InChI is InChI=1S/C24H28N4O4/c1-17(29)25-10-12-26(13-11-25)23(31)22-21-8-9-27(18(2)30)15-20(21)16-28(24(22)32)14-19-6-4-3-5-7-19/h3-7,16H,8-15H2,1-2H3.